The number of aromatic nitrogens is 2. The van der Waals surface area contributed by atoms with E-state index in [0.29, 0.717) is 0 Å². The number of nitrogens with zero attached hydrogens (tertiary/aromatic N) is 3. The van der Waals surface area contributed by atoms with Crippen LogP contribution >= 0.6 is 0 Å². The van der Waals surface area contributed by atoms with Crippen LogP contribution in [0.4, 0.5) is 0 Å². The molecule has 0 aliphatic carbocycles. The highest BCUT2D eigenvalue weighted by Gasteiger charge is 2.17. The average Bonchev–Trinajstić information content (AvgIpc) is 2.97. The third-order valence-corrected chi connectivity index (χ3v) is 4.90. The van der Waals surface area contributed by atoms with Crippen molar-refractivity contribution >= 4 is 0 Å². The topological polar surface area (TPSA) is 33.1 Å². The number of benzene rings is 1. The molecule has 1 N–H and O–H groups in total. The predicted molar refractivity (Wildman–Crippen MR) is 93.9 cm³/mol. The van der Waals surface area contributed by atoms with Crippen molar-refractivity contribution in [3.8, 4) is 0 Å². The van der Waals surface area contributed by atoms with Crippen LogP contribution in [-0.4, -0.2) is 27.0 Å². The normalized spacial score (nSPS) is 19.1. The Morgan fingerprint density at radius 2 is 1.91 bits per heavy atom. The smallest absolute Gasteiger partial charge is 0.0945 e. The third kappa shape index (κ3) is 4.43. The second-order valence-corrected chi connectivity index (χ2v) is 6.73. The van der Waals surface area contributed by atoms with E-state index in [2.05, 4.69) is 51.0 Å². The van der Waals surface area contributed by atoms with Crippen molar-refractivity contribution in [2.45, 2.75) is 51.9 Å². The second kappa shape index (κ2) is 7.75. The fraction of sp³-hybridized carbons (Fsp3) is 0.526. The van der Waals surface area contributed by atoms with Crippen LogP contribution in [0.25, 0.3) is 0 Å². The zero-order chi connectivity index (χ0) is 16.1. The first-order valence-corrected chi connectivity index (χ1v) is 8.70. The maximum absolute atomic E-state index is 4.14. The lowest BCUT2D eigenvalue weighted by molar-refractivity contribution is 0.152. The molecule has 0 radical (unpaired) electrons. The second-order valence-electron chi connectivity index (χ2n) is 6.73. The first-order chi connectivity index (χ1) is 11.2. The van der Waals surface area contributed by atoms with Crippen LogP contribution in [-0.2, 0) is 26.7 Å². The number of nitrogens with one attached hydrogen (secondary N) is 1. The minimum absolute atomic E-state index is 0.726. The Bertz CT molecular complexity index is 602. The van der Waals surface area contributed by atoms with Crippen LogP contribution < -0.4 is 5.32 Å². The minimum Gasteiger partial charge on any atom is -0.337 e. The summed E-state index contributed by atoms with van der Waals surface area (Å²) in [5.74, 6) is 0. The number of hydrogen-bond donors (Lipinski definition) is 1. The van der Waals surface area contributed by atoms with Crippen LogP contribution in [0.15, 0.2) is 36.8 Å². The summed E-state index contributed by atoms with van der Waals surface area (Å²) in [6, 6.07) is 9.79. The number of piperidine rings is 1. The van der Waals surface area contributed by atoms with Crippen LogP contribution in [0.5, 0.6) is 0 Å². The Labute approximate surface area is 139 Å². The van der Waals surface area contributed by atoms with Gasteiger partial charge in [0.2, 0.25) is 0 Å². The lowest BCUT2D eigenvalue weighted by Crippen LogP contribution is -2.36. The molecule has 0 saturated carbocycles. The van der Waals surface area contributed by atoms with Gasteiger partial charge in [-0.3, -0.25) is 4.90 Å². The molecule has 0 amide bonds. The van der Waals surface area contributed by atoms with Crippen molar-refractivity contribution in [2.75, 3.05) is 6.54 Å². The number of aryl methyl sites for hydroxylation is 1. The van der Waals surface area contributed by atoms with Gasteiger partial charge < -0.3 is 9.88 Å². The predicted octanol–water partition coefficient (Wildman–Crippen LogP) is 3.08. The Kier molecular flexibility index (Phi) is 5.47. The SMILES string of the molecule is C[C@H]1CCCCN1Cc1ccc(CNCc2cncn2C)cc1. The minimum atomic E-state index is 0.726. The van der Waals surface area contributed by atoms with Gasteiger partial charge in [-0.05, 0) is 37.4 Å². The summed E-state index contributed by atoms with van der Waals surface area (Å²) >= 11 is 0. The number of hydrogen-bond acceptors (Lipinski definition) is 3. The third-order valence-electron chi connectivity index (χ3n) is 4.90. The van der Waals surface area contributed by atoms with E-state index in [-0.39, 0.29) is 0 Å². The fourth-order valence-electron chi connectivity index (χ4n) is 3.28. The van der Waals surface area contributed by atoms with Crippen molar-refractivity contribution in [1.29, 1.82) is 0 Å². The molecule has 1 aliphatic heterocycles. The highest BCUT2D eigenvalue weighted by molar-refractivity contribution is 5.22. The maximum Gasteiger partial charge on any atom is 0.0945 e. The van der Waals surface area contributed by atoms with E-state index in [4.69, 9.17) is 0 Å². The van der Waals surface area contributed by atoms with E-state index in [9.17, 15) is 0 Å². The summed E-state index contributed by atoms with van der Waals surface area (Å²) in [7, 11) is 2.03. The molecule has 1 aliphatic rings. The Morgan fingerprint density at radius 3 is 2.61 bits per heavy atom. The molecule has 3 rings (SSSR count). The van der Waals surface area contributed by atoms with Crippen LogP contribution in [0.2, 0.25) is 0 Å². The van der Waals surface area contributed by atoms with Crippen LogP contribution in [0.1, 0.15) is 43.0 Å². The van der Waals surface area contributed by atoms with E-state index in [1.165, 1.54) is 42.6 Å². The molecule has 0 unspecified atom stereocenters. The maximum atomic E-state index is 4.14. The van der Waals surface area contributed by atoms with Gasteiger partial charge in [0.15, 0.2) is 0 Å². The molecule has 1 fully saturated rings. The monoisotopic (exact) mass is 312 g/mol. The highest BCUT2D eigenvalue weighted by atomic mass is 15.2. The van der Waals surface area contributed by atoms with E-state index < -0.39 is 0 Å². The molecule has 0 spiro atoms. The Morgan fingerprint density at radius 1 is 1.13 bits per heavy atom. The summed E-state index contributed by atoms with van der Waals surface area (Å²) in [5.41, 5.74) is 3.97. The molecule has 2 aromatic rings. The molecule has 1 aromatic heterocycles. The summed E-state index contributed by atoms with van der Waals surface area (Å²) in [6.45, 7) is 6.43. The lowest BCUT2D eigenvalue weighted by Gasteiger charge is -2.33. The fourth-order valence-corrected chi connectivity index (χ4v) is 3.28. The molecule has 1 atom stereocenters. The number of rotatable bonds is 6. The quantitative estimate of drug-likeness (QED) is 0.890. The van der Waals surface area contributed by atoms with Crippen molar-refractivity contribution < 1.29 is 0 Å². The summed E-state index contributed by atoms with van der Waals surface area (Å²) < 4.78 is 2.05. The van der Waals surface area contributed by atoms with Gasteiger partial charge in [0.05, 0.1) is 12.0 Å². The molecule has 124 valence electrons. The Balaban J connectivity index is 1.48. The van der Waals surface area contributed by atoms with Gasteiger partial charge in [0.1, 0.15) is 0 Å². The summed E-state index contributed by atoms with van der Waals surface area (Å²) in [5, 5.41) is 3.48. The molecule has 0 bridgehead atoms. The van der Waals surface area contributed by atoms with Crippen molar-refractivity contribution in [2.24, 2.45) is 7.05 Å². The Hall–Kier alpha value is -1.65. The van der Waals surface area contributed by atoms with Crippen molar-refractivity contribution in [3.63, 3.8) is 0 Å². The number of likely N-dealkylation sites (tertiary alicyclic amines) is 1. The molecule has 23 heavy (non-hydrogen) atoms. The first kappa shape index (κ1) is 16.2. The van der Waals surface area contributed by atoms with Gasteiger partial charge in [-0.25, -0.2) is 4.98 Å². The first-order valence-electron chi connectivity index (χ1n) is 8.70. The van der Waals surface area contributed by atoms with E-state index in [1.54, 1.807) is 0 Å². The van der Waals surface area contributed by atoms with Gasteiger partial charge in [-0.2, -0.15) is 0 Å². The zero-order valence-corrected chi connectivity index (χ0v) is 14.3. The largest absolute Gasteiger partial charge is 0.337 e. The standard InChI is InChI=1S/C19H28N4/c1-16-5-3-4-10-23(16)14-18-8-6-17(7-9-18)11-20-12-19-13-21-15-22(19)2/h6-9,13,15-16,20H,3-5,10-12,14H2,1-2H3/t16-/m0/s1. The average molecular weight is 312 g/mol. The van der Waals surface area contributed by atoms with Gasteiger partial charge in [0, 0.05) is 38.9 Å². The molecular formula is C19H28N4. The molecule has 4 nitrogen and oxygen atoms in total. The molecule has 1 saturated heterocycles. The summed E-state index contributed by atoms with van der Waals surface area (Å²) in [6.07, 6.45) is 7.83. The van der Waals surface area contributed by atoms with Gasteiger partial charge in [0.25, 0.3) is 0 Å². The van der Waals surface area contributed by atoms with E-state index >= 15 is 0 Å². The molecule has 2 heterocycles. The number of imidazole rings is 1. The van der Waals surface area contributed by atoms with Crippen LogP contribution in [0.3, 0.4) is 0 Å². The molecule has 4 heteroatoms. The van der Waals surface area contributed by atoms with Gasteiger partial charge in [-0.1, -0.05) is 30.7 Å². The van der Waals surface area contributed by atoms with E-state index in [0.717, 1.165) is 25.7 Å². The highest BCUT2D eigenvalue weighted by Crippen LogP contribution is 2.19. The van der Waals surface area contributed by atoms with Gasteiger partial charge in [-0.15, -0.1) is 0 Å². The molecule has 1 aromatic carbocycles. The lowest BCUT2D eigenvalue weighted by atomic mass is 10.0. The van der Waals surface area contributed by atoms with E-state index in [1.807, 2.05) is 19.6 Å². The zero-order valence-electron chi connectivity index (χ0n) is 14.3. The summed E-state index contributed by atoms with van der Waals surface area (Å²) in [4.78, 5) is 6.75. The van der Waals surface area contributed by atoms with Crippen LogP contribution in [0, 0.1) is 0 Å². The van der Waals surface area contributed by atoms with Crippen molar-refractivity contribution in [1.82, 2.24) is 19.8 Å². The van der Waals surface area contributed by atoms with Crippen molar-refractivity contribution in [3.05, 3.63) is 53.6 Å². The molecular weight excluding hydrogens is 284 g/mol. The van der Waals surface area contributed by atoms with Gasteiger partial charge >= 0.3 is 0 Å².